The third-order valence-electron chi connectivity index (χ3n) is 3.69. The molecule has 1 aliphatic heterocycles. The molecule has 4 heteroatoms. The Morgan fingerprint density at radius 1 is 1.33 bits per heavy atom. The summed E-state index contributed by atoms with van der Waals surface area (Å²) in [5, 5.41) is 6.34. The number of ether oxygens (including phenoxy) is 1. The van der Waals surface area contributed by atoms with Crippen LogP contribution in [-0.2, 0) is 9.53 Å². The van der Waals surface area contributed by atoms with E-state index in [1.165, 1.54) is 0 Å². The van der Waals surface area contributed by atoms with Crippen molar-refractivity contribution in [2.45, 2.75) is 58.5 Å². The number of rotatable bonds is 7. The number of hydrogen-bond donors (Lipinski definition) is 2. The van der Waals surface area contributed by atoms with E-state index >= 15 is 0 Å². The van der Waals surface area contributed by atoms with Crippen molar-refractivity contribution in [1.82, 2.24) is 10.6 Å². The van der Waals surface area contributed by atoms with E-state index in [2.05, 4.69) is 31.4 Å². The average molecular weight is 256 g/mol. The van der Waals surface area contributed by atoms with Gasteiger partial charge in [0.05, 0.1) is 6.54 Å². The Labute approximate surface area is 111 Å². The molecular formula is C14H28N2O2. The largest absolute Gasteiger partial charge is 0.381 e. The van der Waals surface area contributed by atoms with Crippen molar-refractivity contribution in [1.29, 1.82) is 0 Å². The molecule has 1 saturated heterocycles. The summed E-state index contributed by atoms with van der Waals surface area (Å²) >= 11 is 0. The second kappa shape index (κ2) is 8.48. The van der Waals surface area contributed by atoms with E-state index in [4.69, 9.17) is 4.74 Å². The van der Waals surface area contributed by atoms with Gasteiger partial charge in [0.1, 0.15) is 0 Å². The number of nitrogens with one attached hydrogen (secondary N) is 2. The van der Waals surface area contributed by atoms with Crippen molar-refractivity contribution in [3.63, 3.8) is 0 Å². The number of hydrogen-bond acceptors (Lipinski definition) is 3. The molecule has 0 spiro atoms. The summed E-state index contributed by atoms with van der Waals surface area (Å²) < 4.78 is 5.35. The van der Waals surface area contributed by atoms with Crippen LogP contribution < -0.4 is 10.6 Å². The minimum Gasteiger partial charge on any atom is -0.381 e. The number of carbonyl (C=O) groups is 1. The van der Waals surface area contributed by atoms with Crippen molar-refractivity contribution in [2.24, 2.45) is 5.92 Å². The molecule has 0 saturated carbocycles. The summed E-state index contributed by atoms with van der Waals surface area (Å²) in [7, 11) is 0. The van der Waals surface area contributed by atoms with Gasteiger partial charge in [-0.25, -0.2) is 0 Å². The Morgan fingerprint density at radius 3 is 2.61 bits per heavy atom. The van der Waals surface area contributed by atoms with Crippen LogP contribution in [0.25, 0.3) is 0 Å². The first kappa shape index (κ1) is 15.4. The highest BCUT2D eigenvalue weighted by Crippen LogP contribution is 2.18. The molecule has 2 atom stereocenters. The van der Waals surface area contributed by atoms with Crippen LogP contribution in [0, 0.1) is 5.92 Å². The number of amides is 1. The minimum absolute atomic E-state index is 0.106. The molecule has 4 nitrogen and oxygen atoms in total. The normalized spacial score (nSPS) is 20.4. The molecular weight excluding hydrogens is 228 g/mol. The van der Waals surface area contributed by atoms with Gasteiger partial charge in [-0.15, -0.1) is 0 Å². The van der Waals surface area contributed by atoms with E-state index in [1.54, 1.807) is 0 Å². The Bertz CT molecular complexity index is 240. The van der Waals surface area contributed by atoms with E-state index in [9.17, 15) is 4.79 Å². The highest BCUT2D eigenvalue weighted by Gasteiger charge is 2.20. The molecule has 2 unspecified atom stereocenters. The van der Waals surface area contributed by atoms with Crippen molar-refractivity contribution in [3.05, 3.63) is 0 Å². The highest BCUT2D eigenvalue weighted by atomic mass is 16.5. The first-order chi connectivity index (χ1) is 8.63. The summed E-state index contributed by atoms with van der Waals surface area (Å²) in [6, 6.07) is 0.670. The average Bonchev–Trinajstić information content (AvgIpc) is 2.37. The molecule has 0 aliphatic carbocycles. The summed E-state index contributed by atoms with van der Waals surface area (Å²) in [5.74, 6) is 0.745. The lowest BCUT2D eigenvalue weighted by Gasteiger charge is -2.28. The maximum absolute atomic E-state index is 11.7. The van der Waals surface area contributed by atoms with Crippen molar-refractivity contribution in [3.8, 4) is 0 Å². The molecule has 18 heavy (non-hydrogen) atoms. The van der Waals surface area contributed by atoms with Crippen LogP contribution in [0.4, 0.5) is 0 Å². The first-order valence-electron chi connectivity index (χ1n) is 7.24. The summed E-state index contributed by atoms with van der Waals surface area (Å²) in [5.41, 5.74) is 0. The minimum atomic E-state index is 0.106. The van der Waals surface area contributed by atoms with Crippen LogP contribution in [0.2, 0.25) is 0 Å². The lowest BCUT2D eigenvalue weighted by Crippen LogP contribution is -2.44. The Balaban J connectivity index is 2.16. The molecule has 1 amide bonds. The molecule has 0 aromatic heterocycles. The molecule has 0 radical (unpaired) electrons. The zero-order valence-corrected chi connectivity index (χ0v) is 12.0. The van der Waals surface area contributed by atoms with E-state index in [-0.39, 0.29) is 11.9 Å². The smallest absolute Gasteiger partial charge is 0.234 e. The Hall–Kier alpha value is -0.610. The van der Waals surface area contributed by atoms with Crippen LogP contribution in [0.1, 0.15) is 46.5 Å². The van der Waals surface area contributed by atoms with E-state index < -0.39 is 0 Å². The lowest BCUT2D eigenvalue weighted by atomic mass is 9.93. The fourth-order valence-electron chi connectivity index (χ4n) is 2.47. The van der Waals surface area contributed by atoms with E-state index in [0.29, 0.717) is 18.5 Å². The zero-order chi connectivity index (χ0) is 13.4. The Morgan fingerprint density at radius 2 is 2.00 bits per heavy atom. The van der Waals surface area contributed by atoms with Gasteiger partial charge < -0.3 is 15.4 Å². The van der Waals surface area contributed by atoms with Gasteiger partial charge in [-0.2, -0.15) is 0 Å². The topological polar surface area (TPSA) is 50.4 Å². The lowest BCUT2D eigenvalue weighted by molar-refractivity contribution is -0.121. The number of carbonyl (C=O) groups excluding carboxylic acids is 1. The van der Waals surface area contributed by atoms with Gasteiger partial charge in [0.2, 0.25) is 5.91 Å². The van der Waals surface area contributed by atoms with Crippen molar-refractivity contribution >= 4 is 5.91 Å². The molecule has 0 aromatic rings. The summed E-state index contributed by atoms with van der Waals surface area (Å²) in [6.45, 7) is 8.50. The maximum Gasteiger partial charge on any atom is 0.234 e. The van der Waals surface area contributed by atoms with Crippen LogP contribution in [-0.4, -0.2) is 37.7 Å². The molecule has 106 valence electrons. The molecule has 1 aliphatic rings. The third-order valence-corrected chi connectivity index (χ3v) is 3.69. The van der Waals surface area contributed by atoms with Gasteiger partial charge in [0.15, 0.2) is 0 Å². The van der Waals surface area contributed by atoms with Gasteiger partial charge >= 0.3 is 0 Å². The zero-order valence-electron chi connectivity index (χ0n) is 12.0. The van der Waals surface area contributed by atoms with Gasteiger partial charge in [0.25, 0.3) is 0 Å². The monoisotopic (exact) mass is 256 g/mol. The summed E-state index contributed by atoms with van der Waals surface area (Å²) in [4.78, 5) is 11.7. The van der Waals surface area contributed by atoms with Gasteiger partial charge in [0, 0.05) is 25.3 Å². The first-order valence-corrected chi connectivity index (χ1v) is 7.24. The second-order valence-corrected chi connectivity index (χ2v) is 5.38. The Kier molecular flexibility index (Phi) is 7.28. The van der Waals surface area contributed by atoms with E-state index in [0.717, 1.165) is 38.9 Å². The molecule has 1 heterocycles. The predicted molar refractivity (Wildman–Crippen MR) is 73.5 cm³/mol. The summed E-state index contributed by atoms with van der Waals surface area (Å²) in [6.07, 6.45) is 4.35. The SMILES string of the molecule is CCCC(C)NC(=O)CNC(C)C1CCOCC1. The highest BCUT2D eigenvalue weighted by molar-refractivity contribution is 5.78. The third kappa shape index (κ3) is 5.83. The molecule has 1 fully saturated rings. The van der Waals surface area contributed by atoms with Gasteiger partial charge in [-0.3, -0.25) is 4.79 Å². The predicted octanol–water partition coefficient (Wildman–Crippen LogP) is 1.70. The van der Waals surface area contributed by atoms with Crippen molar-refractivity contribution < 1.29 is 9.53 Å². The van der Waals surface area contributed by atoms with Crippen molar-refractivity contribution in [2.75, 3.05) is 19.8 Å². The van der Waals surface area contributed by atoms with Gasteiger partial charge in [-0.05, 0) is 39.0 Å². The fraction of sp³-hybridized carbons (Fsp3) is 0.929. The maximum atomic E-state index is 11.7. The molecule has 2 N–H and O–H groups in total. The van der Waals surface area contributed by atoms with Gasteiger partial charge in [-0.1, -0.05) is 13.3 Å². The molecule has 1 rings (SSSR count). The van der Waals surface area contributed by atoms with Crippen LogP contribution >= 0.6 is 0 Å². The van der Waals surface area contributed by atoms with Crippen LogP contribution in [0.3, 0.4) is 0 Å². The molecule has 0 aromatic carbocycles. The van der Waals surface area contributed by atoms with Crippen LogP contribution in [0.15, 0.2) is 0 Å². The standard InChI is InChI=1S/C14H28N2O2/c1-4-5-11(2)16-14(17)10-15-12(3)13-6-8-18-9-7-13/h11-13,15H,4-10H2,1-3H3,(H,16,17). The molecule has 0 bridgehead atoms. The fourth-order valence-corrected chi connectivity index (χ4v) is 2.47. The van der Waals surface area contributed by atoms with E-state index in [1.807, 2.05) is 0 Å². The second-order valence-electron chi connectivity index (χ2n) is 5.38. The van der Waals surface area contributed by atoms with Crippen LogP contribution in [0.5, 0.6) is 0 Å². The quantitative estimate of drug-likeness (QED) is 0.729.